The Kier molecular flexibility index (Phi) is 4.34. The van der Waals surface area contributed by atoms with E-state index in [1.54, 1.807) is 36.5 Å². The van der Waals surface area contributed by atoms with Crippen LogP contribution in [0.15, 0.2) is 47.6 Å². The molecule has 2 amide bonds. The fraction of sp³-hybridized carbons (Fsp3) is 0.235. The Hall–Kier alpha value is -2.34. The van der Waals surface area contributed by atoms with Crippen molar-refractivity contribution in [1.82, 2.24) is 9.88 Å². The second-order valence-corrected chi connectivity index (χ2v) is 6.87. The molecule has 0 saturated carbocycles. The average Bonchev–Trinajstić information content (AvgIpc) is 2.55. The summed E-state index contributed by atoms with van der Waals surface area (Å²) in [5, 5.41) is 2.74. The summed E-state index contributed by atoms with van der Waals surface area (Å²) in [6.07, 6.45) is 3.45. The monoisotopic (exact) mass is 327 g/mol. The maximum atomic E-state index is 12.6. The van der Waals surface area contributed by atoms with Crippen LogP contribution in [0.5, 0.6) is 0 Å². The lowest BCUT2D eigenvalue weighted by molar-refractivity contribution is -0.115. The first-order chi connectivity index (χ1) is 11.0. The molecule has 0 radical (unpaired) electrons. The van der Waals surface area contributed by atoms with Crippen molar-refractivity contribution < 1.29 is 9.59 Å². The van der Waals surface area contributed by atoms with E-state index in [0.717, 1.165) is 10.5 Å². The van der Waals surface area contributed by atoms with Gasteiger partial charge in [0.1, 0.15) is 0 Å². The Labute approximate surface area is 139 Å². The third kappa shape index (κ3) is 3.37. The molecule has 0 aliphatic carbocycles. The number of amides is 2. The van der Waals surface area contributed by atoms with E-state index < -0.39 is 0 Å². The molecule has 0 saturated heterocycles. The third-order valence-electron chi connectivity index (χ3n) is 3.65. The summed E-state index contributed by atoms with van der Waals surface area (Å²) in [7, 11) is 1.75. The molecule has 1 unspecified atom stereocenters. The molecule has 1 aromatic carbocycles. The standard InChI is InChI=1S/C17H17N3O2S/c1-11-16(21)19-14-8-13(5-6-15(14)23-11)17(22)20(2)10-12-4-3-7-18-9-12/h3-9,11H,10H2,1-2H3,(H,19,21). The molecular weight excluding hydrogens is 310 g/mol. The van der Waals surface area contributed by atoms with E-state index in [0.29, 0.717) is 17.8 Å². The van der Waals surface area contributed by atoms with Crippen LogP contribution < -0.4 is 5.32 Å². The Balaban J connectivity index is 1.78. The fourth-order valence-corrected chi connectivity index (χ4v) is 3.33. The van der Waals surface area contributed by atoms with Gasteiger partial charge in [0, 0.05) is 36.4 Å². The number of rotatable bonds is 3. The van der Waals surface area contributed by atoms with Gasteiger partial charge < -0.3 is 10.2 Å². The Morgan fingerprint density at radius 2 is 2.22 bits per heavy atom. The highest BCUT2D eigenvalue weighted by Gasteiger charge is 2.24. The van der Waals surface area contributed by atoms with Crippen LogP contribution in [0.3, 0.4) is 0 Å². The zero-order chi connectivity index (χ0) is 16.4. The maximum Gasteiger partial charge on any atom is 0.253 e. The van der Waals surface area contributed by atoms with Gasteiger partial charge in [-0.25, -0.2) is 0 Å². The maximum absolute atomic E-state index is 12.6. The molecule has 1 aromatic heterocycles. The van der Waals surface area contributed by atoms with E-state index in [9.17, 15) is 9.59 Å². The van der Waals surface area contributed by atoms with Crippen molar-refractivity contribution in [3.63, 3.8) is 0 Å². The van der Waals surface area contributed by atoms with Gasteiger partial charge in [0.25, 0.3) is 5.91 Å². The van der Waals surface area contributed by atoms with Crippen molar-refractivity contribution >= 4 is 29.3 Å². The quantitative estimate of drug-likeness (QED) is 0.941. The summed E-state index contributed by atoms with van der Waals surface area (Å²) in [4.78, 5) is 31.0. The van der Waals surface area contributed by atoms with Gasteiger partial charge in [0.15, 0.2) is 0 Å². The number of nitrogens with zero attached hydrogens (tertiary/aromatic N) is 2. The largest absolute Gasteiger partial charge is 0.337 e. The Morgan fingerprint density at radius 3 is 2.96 bits per heavy atom. The number of carbonyl (C=O) groups excluding carboxylic acids is 2. The van der Waals surface area contributed by atoms with E-state index in [4.69, 9.17) is 0 Å². The molecule has 2 heterocycles. The first-order valence-corrected chi connectivity index (χ1v) is 8.18. The number of hydrogen-bond acceptors (Lipinski definition) is 4. The molecule has 0 spiro atoms. The lowest BCUT2D eigenvalue weighted by Crippen LogP contribution is -2.28. The predicted octanol–water partition coefficient (Wildman–Crippen LogP) is 2.79. The summed E-state index contributed by atoms with van der Waals surface area (Å²) in [5.74, 6) is -0.120. The van der Waals surface area contributed by atoms with Crippen LogP contribution in [-0.4, -0.2) is 34.0 Å². The first-order valence-electron chi connectivity index (χ1n) is 7.30. The van der Waals surface area contributed by atoms with E-state index in [1.165, 1.54) is 11.8 Å². The lowest BCUT2D eigenvalue weighted by Gasteiger charge is -2.23. The van der Waals surface area contributed by atoms with Crippen molar-refractivity contribution in [1.29, 1.82) is 0 Å². The number of thioether (sulfide) groups is 1. The normalized spacial score (nSPS) is 16.4. The minimum absolute atomic E-state index is 0.0317. The van der Waals surface area contributed by atoms with Gasteiger partial charge in [-0.05, 0) is 36.8 Å². The van der Waals surface area contributed by atoms with Gasteiger partial charge >= 0.3 is 0 Å². The third-order valence-corrected chi connectivity index (χ3v) is 4.82. The topological polar surface area (TPSA) is 62.3 Å². The lowest BCUT2D eigenvalue weighted by atomic mass is 10.1. The molecule has 1 aliphatic heterocycles. The van der Waals surface area contributed by atoms with Crippen molar-refractivity contribution in [2.45, 2.75) is 23.6 Å². The summed E-state index contributed by atoms with van der Waals surface area (Å²) < 4.78 is 0. The second kappa shape index (κ2) is 6.42. The summed E-state index contributed by atoms with van der Waals surface area (Å²) in [5.41, 5.74) is 2.24. The summed E-state index contributed by atoms with van der Waals surface area (Å²) in [6.45, 7) is 2.35. The highest BCUT2D eigenvalue weighted by Crippen LogP contribution is 2.36. The van der Waals surface area contributed by atoms with Gasteiger partial charge in [-0.1, -0.05) is 6.07 Å². The van der Waals surface area contributed by atoms with Crippen molar-refractivity contribution in [3.8, 4) is 0 Å². The number of aromatic nitrogens is 1. The molecule has 0 fully saturated rings. The molecule has 23 heavy (non-hydrogen) atoms. The molecule has 2 aromatic rings. The van der Waals surface area contributed by atoms with Crippen LogP contribution in [0.25, 0.3) is 0 Å². The molecule has 5 nitrogen and oxygen atoms in total. The molecular formula is C17H17N3O2S. The minimum atomic E-state index is -0.114. The minimum Gasteiger partial charge on any atom is -0.337 e. The highest BCUT2D eigenvalue weighted by molar-refractivity contribution is 8.00. The molecule has 1 aliphatic rings. The Bertz CT molecular complexity index is 749. The van der Waals surface area contributed by atoms with Crippen molar-refractivity contribution in [2.75, 3.05) is 12.4 Å². The van der Waals surface area contributed by atoms with E-state index in [2.05, 4.69) is 10.3 Å². The van der Waals surface area contributed by atoms with Gasteiger partial charge in [0.05, 0.1) is 10.9 Å². The number of nitrogens with one attached hydrogen (secondary N) is 1. The van der Waals surface area contributed by atoms with E-state index in [1.807, 2.05) is 25.1 Å². The average molecular weight is 327 g/mol. The van der Waals surface area contributed by atoms with Crippen LogP contribution in [-0.2, 0) is 11.3 Å². The van der Waals surface area contributed by atoms with Gasteiger partial charge in [-0.15, -0.1) is 11.8 Å². The number of fused-ring (bicyclic) bond motifs is 1. The molecule has 118 valence electrons. The predicted molar refractivity (Wildman–Crippen MR) is 90.4 cm³/mol. The van der Waals surface area contributed by atoms with E-state index >= 15 is 0 Å². The number of pyridine rings is 1. The van der Waals surface area contributed by atoms with Crippen LogP contribution >= 0.6 is 11.8 Å². The Morgan fingerprint density at radius 1 is 1.39 bits per heavy atom. The zero-order valence-corrected chi connectivity index (χ0v) is 13.8. The number of hydrogen-bond donors (Lipinski definition) is 1. The molecule has 3 rings (SSSR count). The van der Waals surface area contributed by atoms with Gasteiger partial charge in [-0.3, -0.25) is 14.6 Å². The second-order valence-electron chi connectivity index (χ2n) is 5.48. The van der Waals surface area contributed by atoms with Crippen LogP contribution in [0.1, 0.15) is 22.8 Å². The molecule has 1 N–H and O–H groups in total. The molecule has 6 heteroatoms. The van der Waals surface area contributed by atoms with Crippen molar-refractivity contribution in [2.24, 2.45) is 0 Å². The van der Waals surface area contributed by atoms with Crippen LogP contribution in [0, 0.1) is 0 Å². The summed E-state index contributed by atoms with van der Waals surface area (Å²) in [6, 6.07) is 9.22. The number of anilines is 1. The van der Waals surface area contributed by atoms with Gasteiger partial charge in [0.2, 0.25) is 5.91 Å². The fourth-order valence-electron chi connectivity index (χ4n) is 2.40. The molecule has 0 bridgehead atoms. The number of carbonyl (C=O) groups is 2. The zero-order valence-electron chi connectivity index (χ0n) is 12.9. The van der Waals surface area contributed by atoms with Crippen LogP contribution in [0.4, 0.5) is 5.69 Å². The number of benzene rings is 1. The first kappa shape index (κ1) is 15.6. The SMILES string of the molecule is CC1Sc2ccc(C(=O)N(C)Cc3cccnc3)cc2NC1=O. The summed E-state index contributed by atoms with van der Waals surface area (Å²) >= 11 is 1.51. The van der Waals surface area contributed by atoms with Gasteiger partial charge in [-0.2, -0.15) is 0 Å². The highest BCUT2D eigenvalue weighted by atomic mass is 32.2. The molecule has 1 atom stereocenters. The van der Waals surface area contributed by atoms with Crippen molar-refractivity contribution in [3.05, 3.63) is 53.9 Å². The smallest absolute Gasteiger partial charge is 0.253 e. The van der Waals surface area contributed by atoms with Crippen LogP contribution in [0.2, 0.25) is 0 Å². The van der Waals surface area contributed by atoms with E-state index in [-0.39, 0.29) is 17.1 Å².